The standard InChI is InChI=1S/C23H33N3O/c1-22(2)15-12-16(23(3,27)19(22)13-15)14-20-25-18-10-7-11-24-21(18)26(20)17-8-5-4-6-9-17/h7,10-11,15-17,19,27H,4-6,8-9,12-14H2,1-3H3/t15-,16+,19+,23-/m0/s1. The fraction of sp³-hybridized carbons (Fsp3) is 0.739. The molecule has 0 amide bonds. The van der Waals surface area contributed by atoms with Crippen molar-refractivity contribution in [1.29, 1.82) is 0 Å². The second-order valence-corrected chi connectivity index (χ2v) is 10.2. The van der Waals surface area contributed by atoms with E-state index in [0.29, 0.717) is 17.9 Å². The zero-order chi connectivity index (χ0) is 18.8. The Morgan fingerprint density at radius 2 is 1.93 bits per heavy atom. The van der Waals surface area contributed by atoms with Gasteiger partial charge in [-0.25, -0.2) is 9.97 Å². The van der Waals surface area contributed by atoms with E-state index in [9.17, 15) is 5.11 Å². The van der Waals surface area contributed by atoms with E-state index < -0.39 is 5.60 Å². The number of aromatic nitrogens is 3. The van der Waals surface area contributed by atoms with Gasteiger partial charge in [-0.2, -0.15) is 0 Å². The van der Waals surface area contributed by atoms with Gasteiger partial charge in [-0.3, -0.25) is 0 Å². The van der Waals surface area contributed by atoms with Gasteiger partial charge in [0.2, 0.25) is 0 Å². The summed E-state index contributed by atoms with van der Waals surface area (Å²) in [7, 11) is 0. The molecule has 0 unspecified atom stereocenters. The average Bonchev–Trinajstić information content (AvgIpc) is 3.01. The van der Waals surface area contributed by atoms with Crippen LogP contribution in [-0.2, 0) is 6.42 Å². The Hall–Kier alpha value is -1.42. The number of fused-ring (bicyclic) bond motifs is 3. The summed E-state index contributed by atoms with van der Waals surface area (Å²) in [6.07, 6.45) is 11.5. The van der Waals surface area contributed by atoms with Crippen molar-refractivity contribution in [3.05, 3.63) is 24.2 Å². The van der Waals surface area contributed by atoms with E-state index in [1.807, 2.05) is 12.3 Å². The van der Waals surface area contributed by atoms with Crippen LogP contribution in [0.2, 0.25) is 0 Å². The first-order valence-corrected chi connectivity index (χ1v) is 10.9. The topological polar surface area (TPSA) is 50.9 Å². The summed E-state index contributed by atoms with van der Waals surface area (Å²) in [5.74, 6) is 2.62. The zero-order valence-electron chi connectivity index (χ0n) is 17.0. The summed E-state index contributed by atoms with van der Waals surface area (Å²) < 4.78 is 2.44. The lowest BCUT2D eigenvalue weighted by atomic mass is 9.41. The minimum atomic E-state index is -0.596. The maximum atomic E-state index is 11.5. The van der Waals surface area contributed by atoms with Crippen LogP contribution in [0.25, 0.3) is 11.2 Å². The van der Waals surface area contributed by atoms with Crippen LogP contribution in [0.3, 0.4) is 0 Å². The van der Waals surface area contributed by atoms with Gasteiger partial charge in [0, 0.05) is 18.7 Å². The van der Waals surface area contributed by atoms with E-state index in [2.05, 4.69) is 31.4 Å². The molecule has 27 heavy (non-hydrogen) atoms. The summed E-state index contributed by atoms with van der Waals surface area (Å²) >= 11 is 0. The molecule has 2 aromatic rings. The third-order valence-corrected chi connectivity index (χ3v) is 8.46. The van der Waals surface area contributed by atoms with Crippen LogP contribution < -0.4 is 0 Å². The molecule has 1 N–H and O–H groups in total. The Kier molecular flexibility index (Phi) is 3.95. The monoisotopic (exact) mass is 367 g/mol. The van der Waals surface area contributed by atoms with Crippen molar-refractivity contribution >= 4 is 11.2 Å². The van der Waals surface area contributed by atoms with Crippen LogP contribution >= 0.6 is 0 Å². The molecule has 146 valence electrons. The molecule has 4 aliphatic carbocycles. The van der Waals surface area contributed by atoms with Gasteiger partial charge in [-0.15, -0.1) is 0 Å². The van der Waals surface area contributed by atoms with E-state index in [0.717, 1.165) is 35.7 Å². The van der Waals surface area contributed by atoms with E-state index in [-0.39, 0.29) is 5.41 Å². The van der Waals surface area contributed by atoms with Crippen molar-refractivity contribution in [2.24, 2.45) is 23.2 Å². The molecule has 2 aromatic heterocycles. The van der Waals surface area contributed by atoms with Crippen molar-refractivity contribution in [3.8, 4) is 0 Å². The highest BCUT2D eigenvalue weighted by Gasteiger charge is 2.62. The number of hydrogen-bond acceptors (Lipinski definition) is 3. The van der Waals surface area contributed by atoms with Crippen LogP contribution in [0.4, 0.5) is 0 Å². The molecule has 0 aromatic carbocycles. The highest BCUT2D eigenvalue weighted by molar-refractivity contribution is 5.71. The SMILES string of the molecule is CC1(C)[C@H]2C[C@H](Cc3nc4cccnc4n3C3CCCCC3)[C@](C)(O)[C@@H]1C2. The molecule has 2 bridgehead atoms. The predicted octanol–water partition coefficient (Wildman–Crippen LogP) is 4.91. The van der Waals surface area contributed by atoms with Gasteiger partial charge in [0.05, 0.1) is 5.60 Å². The molecule has 6 rings (SSSR count). The molecule has 4 atom stereocenters. The first-order valence-electron chi connectivity index (χ1n) is 10.9. The van der Waals surface area contributed by atoms with Crippen LogP contribution in [0.15, 0.2) is 18.3 Å². The summed E-state index contributed by atoms with van der Waals surface area (Å²) in [4.78, 5) is 9.70. The second-order valence-electron chi connectivity index (χ2n) is 10.2. The lowest BCUT2D eigenvalue weighted by Gasteiger charge is -2.65. The summed E-state index contributed by atoms with van der Waals surface area (Å²) in [6.45, 7) is 6.78. The number of pyridine rings is 1. The largest absolute Gasteiger partial charge is 0.390 e. The van der Waals surface area contributed by atoms with Crippen LogP contribution in [0.5, 0.6) is 0 Å². The number of rotatable bonds is 3. The Labute approximate surface area is 162 Å². The lowest BCUT2D eigenvalue weighted by molar-refractivity contribution is -0.224. The molecular weight excluding hydrogens is 334 g/mol. The molecule has 0 spiro atoms. The highest BCUT2D eigenvalue weighted by Crippen LogP contribution is 2.64. The molecule has 4 fully saturated rings. The Bertz CT molecular complexity index is 846. The van der Waals surface area contributed by atoms with Crippen LogP contribution in [0, 0.1) is 23.2 Å². The maximum absolute atomic E-state index is 11.5. The van der Waals surface area contributed by atoms with Gasteiger partial charge in [0.15, 0.2) is 5.65 Å². The summed E-state index contributed by atoms with van der Waals surface area (Å²) in [5, 5.41) is 11.5. The molecule has 4 aliphatic rings. The summed E-state index contributed by atoms with van der Waals surface area (Å²) in [6, 6.07) is 4.59. The first-order chi connectivity index (χ1) is 12.9. The Morgan fingerprint density at radius 1 is 1.15 bits per heavy atom. The number of imidazole rings is 1. The van der Waals surface area contributed by atoms with Gasteiger partial charge in [0.25, 0.3) is 0 Å². The normalized spacial score (nSPS) is 35.9. The molecular formula is C23H33N3O. The maximum Gasteiger partial charge on any atom is 0.160 e. The summed E-state index contributed by atoms with van der Waals surface area (Å²) in [5.41, 5.74) is 1.74. The second kappa shape index (κ2) is 6.04. The number of nitrogens with zero attached hydrogens (tertiary/aromatic N) is 3. The Morgan fingerprint density at radius 3 is 2.63 bits per heavy atom. The van der Waals surface area contributed by atoms with E-state index >= 15 is 0 Å². The molecule has 4 saturated carbocycles. The minimum Gasteiger partial charge on any atom is -0.390 e. The molecule has 2 heterocycles. The van der Waals surface area contributed by atoms with Crippen molar-refractivity contribution in [2.75, 3.05) is 0 Å². The van der Waals surface area contributed by atoms with Gasteiger partial charge >= 0.3 is 0 Å². The number of hydrogen-bond donors (Lipinski definition) is 1. The average molecular weight is 368 g/mol. The third-order valence-electron chi connectivity index (χ3n) is 8.46. The smallest absolute Gasteiger partial charge is 0.160 e. The molecule has 0 radical (unpaired) electrons. The Balaban J connectivity index is 1.50. The van der Waals surface area contributed by atoms with Crippen LogP contribution in [0.1, 0.15) is 77.6 Å². The van der Waals surface area contributed by atoms with Crippen molar-refractivity contribution in [1.82, 2.24) is 14.5 Å². The van der Waals surface area contributed by atoms with E-state index in [1.54, 1.807) is 0 Å². The molecule has 0 saturated heterocycles. The predicted molar refractivity (Wildman–Crippen MR) is 107 cm³/mol. The van der Waals surface area contributed by atoms with Crippen molar-refractivity contribution < 1.29 is 5.11 Å². The van der Waals surface area contributed by atoms with Gasteiger partial charge in [-0.05, 0) is 67.9 Å². The molecule has 0 aliphatic heterocycles. The highest BCUT2D eigenvalue weighted by atomic mass is 16.3. The molecule has 4 heteroatoms. The fourth-order valence-electron chi connectivity index (χ4n) is 6.63. The van der Waals surface area contributed by atoms with Crippen molar-refractivity contribution in [2.45, 2.75) is 83.8 Å². The zero-order valence-corrected chi connectivity index (χ0v) is 17.0. The van der Waals surface area contributed by atoms with Gasteiger partial charge in [0.1, 0.15) is 11.3 Å². The first kappa shape index (κ1) is 17.7. The third kappa shape index (κ3) is 2.59. The quantitative estimate of drug-likeness (QED) is 0.838. The molecule has 4 nitrogen and oxygen atoms in total. The van der Waals surface area contributed by atoms with Crippen molar-refractivity contribution in [3.63, 3.8) is 0 Å². The van der Waals surface area contributed by atoms with Crippen LogP contribution in [-0.4, -0.2) is 25.2 Å². The number of aliphatic hydroxyl groups is 1. The fourth-order valence-corrected chi connectivity index (χ4v) is 6.63. The minimum absolute atomic E-state index is 0.283. The lowest BCUT2D eigenvalue weighted by Crippen LogP contribution is -2.64. The van der Waals surface area contributed by atoms with Gasteiger partial charge < -0.3 is 9.67 Å². The van der Waals surface area contributed by atoms with E-state index in [1.165, 1.54) is 38.5 Å². The van der Waals surface area contributed by atoms with E-state index in [4.69, 9.17) is 9.97 Å². The van der Waals surface area contributed by atoms with Gasteiger partial charge in [-0.1, -0.05) is 33.1 Å².